The van der Waals surface area contributed by atoms with Crippen molar-refractivity contribution >= 4 is 5.97 Å². The average molecular weight is 543 g/mol. The molecule has 0 saturated carbocycles. The molecule has 0 amide bonds. The molecule has 0 heterocycles. The van der Waals surface area contributed by atoms with Crippen LogP contribution in [0.5, 0.6) is 28.7 Å². The number of aromatic carboxylic acids is 1. The Hall–Kier alpha value is -4.49. The van der Waals surface area contributed by atoms with Crippen LogP contribution in [0.15, 0.2) is 91.0 Å². The maximum Gasteiger partial charge on any atom is 0.339 e. The molecule has 208 valence electrons. The first kappa shape index (κ1) is 28.5. The summed E-state index contributed by atoms with van der Waals surface area (Å²) in [4.78, 5) is 11.5. The van der Waals surface area contributed by atoms with Crippen LogP contribution in [0.2, 0.25) is 0 Å². The van der Waals surface area contributed by atoms with Gasteiger partial charge in [-0.05, 0) is 84.7 Å². The maximum atomic E-state index is 11.5. The summed E-state index contributed by atoms with van der Waals surface area (Å²) < 4.78 is 16.5. The number of para-hydroxylation sites is 1. The lowest BCUT2D eigenvalue weighted by Gasteiger charge is -2.25. The standard InChI is InChI=1S/C33H34O7/c1-38-29-20-25(21-30(39-2)32(29)35)31(34)24(12-8-11-22-9-4-3-5-10-22)19-23-15-17-26(18-16-23)40-28-14-7-6-13-27(28)33(36)37/h3-7,9-10,13-18,20-21,24,31,34-35H,8,11-12,19H2,1-2H3,(H,36,37). The molecule has 0 aromatic heterocycles. The zero-order valence-electron chi connectivity index (χ0n) is 22.6. The molecule has 4 aromatic rings. The molecular formula is C33H34O7. The monoisotopic (exact) mass is 542 g/mol. The van der Waals surface area contributed by atoms with E-state index in [-0.39, 0.29) is 34.5 Å². The number of ether oxygens (including phenoxy) is 3. The van der Waals surface area contributed by atoms with E-state index in [1.54, 1.807) is 42.5 Å². The van der Waals surface area contributed by atoms with Crippen LogP contribution in [-0.4, -0.2) is 35.5 Å². The Balaban J connectivity index is 1.54. The number of carbonyl (C=O) groups is 1. The van der Waals surface area contributed by atoms with Gasteiger partial charge in [-0.25, -0.2) is 4.79 Å². The third-order valence-electron chi connectivity index (χ3n) is 6.94. The normalized spacial score (nSPS) is 12.4. The fourth-order valence-corrected chi connectivity index (χ4v) is 4.80. The number of benzene rings is 4. The first-order chi connectivity index (χ1) is 19.4. The molecular weight excluding hydrogens is 508 g/mol. The SMILES string of the molecule is COc1cc(C(O)C(CCCc2ccccc2)Cc2ccc(Oc3ccccc3C(=O)O)cc2)cc(OC)c1O. The molecule has 0 aliphatic rings. The van der Waals surface area contributed by atoms with Crippen LogP contribution in [0.1, 0.15) is 46.0 Å². The highest BCUT2D eigenvalue weighted by Crippen LogP contribution is 2.41. The van der Waals surface area contributed by atoms with Crippen molar-refractivity contribution in [3.8, 4) is 28.7 Å². The van der Waals surface area contributed by atoms with Gasteiger partial charge in [-0.2, -0.15) is 0 Å². The Bertz CT molecular complexity index is 1380. The number of hydrogen-bond donors (Lipinski definition) is 3. The molecule has 0 saturated heterocycles. The van der Waals surface area contributed by atoms with E-state index in [0.29, 0.717) is 17.7 Å². The third-order valence-corrected chi connectivity index (χ3v) is 6.94. The lowest BCUT2D eigenvalue weighted by Crippen LogP contribution is -2.16. The molecule has 7 nitrogen and oxygen atoms in total. The van der Waals surface area contributed by atoms with E-state index in [4.69, 9.17) is 14.2 Å². The lowest BCUT2D eigenvalue weighted by atomic mass is 9.85. The van der Waals surface area contributed by atoms with Crippen LogP contribution in [-0.2, 0) is 12.8 Å². The van der Waals surface area contributed by atoms with Gasteiger partial charge in [0.05, 0.1) is 20.3 Å². The van der Waals surface area contributed by atoms with E-state index >= 15 is 0 Å². The molecule has 4 aromatic carbocycles. The van der Waals surface area contributed by atoms with Gasteiger partial charge in [0.2, 0.25) is 5.75 Å². The molecule has 0 bridgehead atoms. The van der Waals surface area contributed by atoms with Gasteiger partial charge < -0.3 is 29.5 Å². The van der Waals surface area contributed by atoms with Crippen molar-refractivity contribution in [1.29, 1.82) is 0 Å². The number of rotatable bonds is 13. The molecule has 0 fully saturated rings. The van der Waals surface area contributed by atoms with Gasteiger partial charge in [-0.15, -0.1) is 0 Å². The summed E-state index contributed by atoms with van der Waals surface area (Å²) >= 11 is 0. The van der Waals surface area contributed by atoms with Crippen molar-refractivity contribution in [3.05, 3.63) is 113 Å². The number of carboxylic acids is 1. The number of methoxy groups -OCH3 is 2. The zero-order valence-corrected chi connectivity index (χ0v) is 22.6. The fourth-order valence-electron chi connectivity index (χ4n) is 4.80. The second-order valence-corrected chi connectivity index (χ2v) is 9.61. The van der Waals surface area contributed by atoms with Crippen LogP contribution in [0, 0.1) is 5.92 Å². The van der Waals surface area contributed by atoms with Crippen molar-refractivity contribution in [2.75, 3.05) is 14.2 Å². The van der Waals surface area contributed by atoms with Crippen molar-refractivity contribution in [2.45, 2.75) is 31.8 Å². The van der Waals surface area contributed by atoms with E-state index < -0.39 is 12.1 Å². The predicted octanol–water partition coefficient (Wildman–Crippen LogP) is 6.82. The lowest BCUT2D eigenvalue weighted by molar-refractivity contribution is 0.0694. The molecule has 0 spiro atoms. The van der Waals surface area contributed by atoms with Crippen molar-refractivity contribution in [3.63, 3.8) is 0 Å². The number of aliphatic hydroxyl groups is 1. The Morgan fingerprint density at radius 1 is 0.800 bits per heavy atom. The van der Waals surface area contributed by atoms with E-state index in [1.165, 1.54) is 25.8 Å². The summed E-state index contributed by atoms with van der Waals surface area (Å²) in [5, 5.41) is 31.3. The number of phenolic OH excluding ortho intramolecular Hbond substituents is 1. The highest BCUT2D eigenvalue weighted by molar-refractivity contribution is 5.90. The summed E-state index contributed by atoms with van der Waals surface area (Å²) in [6.07, 6.45) is 2.28. The summed E-state index contributed by atoms with van der Waals surface area (Å²) in [5.41, 5.74) is 2.93. The summed E-state index contributed by atoms with van der Waals surface area (Å²) in [6, 6.07) is 27.5. The van der Waals surface area contributed by atoms with Gasteiger partial charge in [0, 0.05) is 0 Å². The minimum Gasteiger partial charge on any atom is -0.502 e. The van der Waals surface area contributed by atoms with Crippen LogP contribution in [0.25, 0.3) is 0 Å². The number of phenols is 1. The van der Waals surface area contributed by atoms with Gasteiger partial charge in [0.15, 0.2) is 11.5 Å². The van der Waals surface area contributed by atoms with Crippen LogP contribution < -0.4 is 14.2 Å². The van der Waals surface area contributed by atoms with Gasteiger partial charge in [0.1, 0.15) is 17.1 Å². The van der Waals surface area contributed by atoms with Crippen molar-refractivity contribution in [1.82, 2.24) is 0 Å². The highest BCUT2D eigenvalue weighted by Gasteiger charge is 2.24. The van der Waals surface area contributed by atoms with Crippen LogP contribution >= 0.6 is 0 Å². The van der Waals surface area contributed by atoms with Gasteiger partial charge in [0.25, 0.3) is 0 Å². The first-order valence-electron chi connectivity index (χ1n) is 13.2. The van der Waals surface area contributed by atoms with E-state index in [1.807, 2.05) is 30.3 Å². The topological polar surface area (TPSA) is 105 Å². The summed E-state index contributed by atoms with van der Waals surface area (Å²) in [5.74, 6) is -0.0381. The smallest absolute Gasteiger partial charge is 0.339 e. The van der Waals surface area contributed by atoms with E-state index in [0.717, 1.165) is 24.8 Å². The quantitative estimate of drug-likeness (QED) is 0.170. The number of aliphatic hydroxyl groups excluding tert-OH is 1. The predicted molar refractivity (Wildman–Crippen MR) is 153 cm³/mol. The number of carboxylic acid groups (broad SMARTS) is 1. The molecule has 7 heteroatoms. The van der Waals surface area contributed by atoms with E-state index in [9.17, 15) is 20.1 Å². The summed E-state index contributed by atoms with van der Waals surface area (Å²) in [7, 11) is 2.92. The molecule has 2 unspecified atom stereocenters. The molecule has 3 N–H and O–H groups in total. The maximum absolute atomic E-state index is 11.5. The average Bonchev–Trinajstić information content (AvgIpc) is 2.98. The molecule has 0 radical (unpaired) electrons. The highest BCUT2D eigenvalue weighted by atomic mass is 16.5. The molecule has 0 aliphatic heterocycles. The Kier molecular flexibility index (Phi) is 9.65. The zero-order chi connectivity index (χ0) is 28.5. The summed E-state index contributed by atoms with van der Waals surface area (Å²) in [6.45, 7) is 0. The second kappa shape index (κ2) is 13.5. The third kappa shape index (κ3) is 7.12. The molecule has 0 aliphatic carbocycles. The van der Waals surface area contributed by atoms with Crippen LogP contribution in [0.4, 0.5) is 0 Å². The van der Waals surface area contributed by atoms with Crippen molar-refractivity contribution in [2.24, 2.45) is 5.92 Å². The molecule has 2 atom stereocenters. The number of aryl methyl sites for hydroxylation is 1. The Morgan fingerprint density at radius 3 is 2.05 bits per heavy atom. The second-order valence-electron chi connectivity index (χ2n) is 9.61. The van der Waals surface area contributed by atoms with Crippen molar-refractivity contribution < 1.29 is 34.3 Å². The minimum absolute atomic E-state index is 0.0907. The largest absolute Gasteiger partial charge is 0.502 e. The van der Waals surface area contributed by atoms with Gasteiger partial charge in [-0.3, -0.25) is 0 Å². The van der Waals surface area contributed by atoms with Gasteiger partial charge >= 0.3 is 5.97 Å². The first-order valence-corrected chi connectivity index (χ1v) is 13.2. The molecule has 40 heavy (non-hydrogen) atoms. The van der Waals surface area contributed by atoms with Crippen LogP contribution in [0.3, 0.4) is 0 Å². The Morgan fingerprint density at radius 2 is 1.43 bits per heavy atom. The fraction of sp³-hybridized carbons (Fsp3) is 0.242. The molecule has 4 rings (SSSR count). The number of hydrogen-bond acceptors (Lipinski definition) is 6. The van der Waals surface area contributed by atoms with Gasteiger partial charge in [-0.1, -0.05) is 54.6 Å². The number of aromatic hydroxyl groups is 1. The Labute approximate surface area is 234 Å². The van der Waals surface area contributed by atoms with E-state index in [2.05, 4.69) is 12.1 Å². The minimum atomic E-state index is -1.05.